The summed E-state index contributed by atoms with van der Waals surface area (Å²) in [7, 11) is 0. The average molecular weight is 398 g/mol. The van der Waals surface area contributed by atoms with Crippen LogP contribution in [0.2, 0.25) is 0 Å². The van der Waals surface area contributed by atoms with Crippen molar-refractivity contribution in [2.45, 2.75) is 42.8 Å². The number of carbonyl (C=O) groups is 1. The predicted molar refractivity (Wildman–Crippen MR) is 105 cm³/mol. The Balaban J connectivity index is 2.03. The van der Waals surface area contributed by atoms with Crippen molar-refractivity contribution in [3.05, 3.63) is 42.1 Å². The Hall–Kier alpha value is -2.92. The first kappa shape index (κ1) is 19.8. The molecule has 0 bridgehead atoms. The van der Waals surface area contributed by atoms with Gasteiger partial charge in [-0.2, -0.15) is 5.26 Å². The number of hydrogen-bond donors (Lipinski definition) is 2. The van der Waals surface area contributed by atoms with E-state index in [-0.39, 0.29) is 4.90 Å². The highest BCUT2D eigenvalue weighted by Gasteiger charge is 2.30. The van der Waals surface area contributed by atoms with Crippen LogP contribution in [-0.4, -0.2) is 30.8 Å². The molecule has 0 aliphatic rings. The molecule has 28 heavy (non-hydrogen) atoms. The average Bonchev–Trinajstić information content (AvgIpc) is 3.04. The Morgan fingerprint density at radius 1 is 1.21 bits per heavy atom. The Morgan fingerprint density at radius 3 is 2.57 bits per heavy atom. The fourth-order valence-electron chi connectivity index (χ4n) is 2.57. The number of nitriles is 1. The minimum absolute atomic E-state index is 0.263. The summed E-state index contributed by atoms with van der Waals surface area (Å²) < 4.78 is 13.3. The zero-order chi connectivity index (χ0) is 20.7. The topological polar surface area (TPSA) is 103 Å². The maximum Gasteiger partial charge on any atom is 0.319 e. The Labute approximate surface area is 165 Å². The van der Waals surface area contributed by atoms with Crippen molar-refractivity contribution in [1.29, 1.82) is 5.26 Å². The Bertz CT molecular complexity index is 1120. The Morgan fingerprint density at radius 2 is 1.93 bits per heavy atom. The van der Waals surface area contributed by atoms with E-state index >= 15 is 0 Å². The number of thioether (sulfide) groups is 1. The van der Waals surface area contributed by atoms with Gasteiger partial charge >= 0.3 is 5.97 Å². The fraction of sp³-hybridized carbons (Fsp3) is 0.300. The van der Waals surface area contributed by atoms with E-state index in [0.717, 1.165) is 17.1 Å². The number of nitrogens with one attached hydrogen (secondary N) is 1. The molecule has 0 saturated heterocycles. The maximum absolute atomic E-state index is 14.5. The third-order valence-corrected chi connectivity index (χ3v) is 5.63. The number of H-pyrrole nitrogens is 1. The number of aliphatic carboxylic acids is 1. The van der Waals surface area contributed by atoms with Crippen molar-refractivity contribution < 1.29 is 14.3 Å². The third kappa shape index (κ3) is 3.71. The van der Waals surface area contributed by atoms with Crippen LogP contribution in [-0.2, 0) is 10.2 Å². The highest BCUT2D eigenvalue weighted by molar-refractivity contribution is 8.01. The fourth-order valence-corrected chi connectivity index (χ4v) is 3.55. The van der Waals surface area contributed by atoms with E-state index in [0.29, 0.717) is 22.6 Å². The molecule has 1 aromatic carbocycles. The van der Waals surface area contributed by atoms with Crippen LogP contribution >= 0.6 is 11.8 Å². The molecule has 8 heteroatoms. The SMILES string of the molecule is CC(C)(Sc1cc2cc(-c3cc(C(C)(C)C#N)ncn3)[nH]c2cc1F)C(=O)O. The number of benzene rings is 1. The minimum atomic E-state index is -1.15. The molecule has 0 fully saturated rings. The predicted octanol–water partition coefficient (Wildman–Crippen LogP) is 4.52. The normalized spacial score (nSPS) is 12.1. The van der Waals surface area contributed by atoms with Crippen LogP contribution in [0.5, 0.6) is 0 Å². The van der Waals surface area contributed by atoms with E-state index in [1.807, 2.05) is 6.07 Å². The summed E-state index contributed by atoms with van der Waals surface area (Å²) in [6.07, 6.45) is 1.40. The van der Waals surface area contributed by atoms with Crippen molar-refractivity contribution in [3.63, 3.8) is 0 Å². The first-order valence-electron chi connectivity index (χ1n) is 8.52. The second kappa shape index (κ2) is 6.91. The van der Waals surface area contributed by atoms with Gasteiger partial charge in [-0.15, -0.1) is 11.8 Å². The molecule has 3 aromatic rings. The number of fused-ring (bicyclic) bond motifs is 1. The molecule has 0 spiro atoms. The second-order valence-corrected chi connectivity index (χ2v) is 9.16. The lowest BCUT2D eigenvalue weighted by molar-refractivity contribution is -0.138. The molecule has 0 aliphatic heterocycles. The van der Waals surface area contributed by atoms with Gasteiger partial charge in [-0.3, -0.25) is 4.79 Å². The van der Waals surface area contributed by atoms with E-state index in [1.165, 1.54) is 26.2 Å². The molecule has 0 atom stereocenters. The van der Waals surface area contributed by atoms with Gasteiger partial charge in [0.15, 0.2) is 0 Å². The highest BCUT2D eigenvalue weighted by Crippen LogP contribution is 2.37. The lowest BCUT2D eigenvalue weighted by atomic mass is 9.90. The number of aromatic nitrogens is 3. The van der Waals surface area contributed by atoms with Gasteiger partial charge in [0, 0.05) is 15.8 Å². The standard InChI is InChI=1S/C20H19FN4O2S/c1-19(2,9-22)17-8-14(23-10-24-17)15-5-11-6-16(12(21)7-13(11)25-15)28-20(3,4)18(26)27/h5-8,10,25H,1-4H3,(H,26,27). The van der Waals surface area contributed by atoms with Gasteiger partial charge in [-0.05, 0) is 52.0 Å². The summed E-state index contributed by atoms with van der Waals surface area (Å²) in [6, 6.07) is 8.73. The van der Waals surface area contributed by atoms with Crippen LogP contribution in [0.3, 0.4) is 0 Å². The number of nitrogens with zero attached hydrogens (tertiary/aromatic N) is 3. The number of rotatable bonds is 5. The van der Waals surface area contributed by atoms with Crippen molar-refractivity contribution in [1.82, 2.24) is 15.0 Å². The van der Waals surface area contributed by atoms with E-state index in [2.05, 4.69) is 21.0 Å². The second-order valence-electron chi connectivity index (χ2n) is 7.50. The summed E-state index contributed by atoms with van der Waals surface area (Å²) in [6.45, 7) is 6.61. The zero-order valence-corrected chi connectivity index (χ0v) is 16.7. The quantitative estimate of drug-likeness (QED) is 0.613. The van der Waals surface area contributed by atoms with Crippen LogP contribution in [0, 0.1) is 17.1 Å². The third-order valence-electron chi connectivity index (χ3n) is 4.42. The zero-order valence-electron chi connectivity index (χ0n) is 15.9. The van der Waals surface area contributed by atoms with Crippen LogP contribution in [0.4, 0.5) is 4.39 Å². The summed E-state index contributed by atoms with van der Waals surface area (Å²) in [4.78, 5) is 23.2. The van der Waals surface area contributed by atoms with Gasteiger partial charge < -0.3 is 10.1 Å². The van der Waals surface area contributed by atoms with Crippen molar-refractivity contribution in [3.8, 4) is 17.5 Å². The van der Waals surface area contributed by atoms with E-state index in [9.17, 15) is 19.6 Å². The van der Waals surface area contributed by atoms with Crippen molar-refractivity contribution in [2.75, 3.05) is 0 Å². The number of halogens is 1. The lowest BCUT2D eigenvalue weighted by Crippen LogP contribution is -2.27. The van der Waals surface area contributed by atoms with Crippen molar-refractivity contribution in [2.24, 2.45) is 0 Å². The summed E-state index contributed by atoms with van der Waals surface area (Å²) in [5.74, 6) is -1.51. The number of carboxylic acids is 1. The van der Waals surface area contributed by atoms with Crippen LogP contribution in [0.25, 0.3) is 22.3 Å². The summed E-state index contributed by atoms with van der Waals surface area (Å²) >= 11 is 0.959. The van der Waals surface area contributed by atoms with Gasteiger partial charge in [-0.1, -0.05) is 0 Å². The monoisotopic (exact) mass is 398 g/mol. The molecule has 0 amide bonds. The maximum atomic E-state index is 14.5. The highest BCUT2D eigenvalue weighted by atomic mass is 32.2. The van der Waals surface area contributed by atoms with Crippen LogP contribution < -0.4 is 0 Å². The largest absolute Gasteiger partial charge is 0.480 e. The summed E-state index contributed by atoms with van der Waals surface area (Å²) in [5, 5.41) is 19.3. The van der Waals surface area contributed by atoms with E-state index in [1.54, 1.807) is 26.0 Å². The van der Waals surface area contributed by atoms with Crippen LogP contribution in [0.1, 0.15) is 33.4 Å². The molecule has 2 aromatic heterocycles. The molecule has 0 unspecified atom stereocenters. The molecule has 6 nitrogen and oxygen atoms in total. The van der Waals surface area contributed by atoms with Gasteiger partial charge in [-0.25, -0.2) is 14.4 Å². The Kier molecular flexibility index (Phi) is 4.90. The number of carboxylic acid groups (broad SMARTS) is 1. The minimum Gasteiger partial charge on any atom is -0.480 e. The molecular weight excluding hydrogens is 379 g/mol. The molecule has 144 valence electrons. The van der Waals surface area contributed by atoms with Gasteiger partial charge in [0.05, 0.1) is 28.6 Å². The first-order valence-corrected chi connectivity index (χ1v) is 9.34. The molecule has 0 radical (unpaired) electrons. The molecule has 3 rings (SSSR count). The van der Waals surface area contributed by atoms with E-state index < -0.39 is 21.9 Å². The lowest BCUT2D eigenvalue weighted by Gasteiger charge is -2.18. The smallest absolute Gasteiger partial charge is 0.319 e. The van der Waals surface area contributed by atoms with Gasteiger partial charge in [0.1, 0.15) is 16.9 Å². The molecular formula is C20H19FN4O2S. The van der Waals surface area contributed by atoms with Gasteiger partial charge in [0.2, 0.25) is 0 Å². The summed E-state index contributed by atoms with van der Waals surface area (Å²) in [5.41, 5.74) is 1.65. The first-order chi connectivity index (χ1) is 13.0. The van der Waals surface area contributed by atoms with Gasteiger partial charge in [0.25, 0.3) is 0 Å². The molecule has 2 N–H and O–H groups in total. The van der Waals surface area contributed by atoms with Crippen molar-refractivity contribution >= 4 is 28.6 Å². The number of hydrogen-bond acceptors (Lipinski definition) is 5. The van der Waals surface area contributed by atoms with E-state index in [4.69, 9.17) is 0 Å². The molecule has 0 saturated carbocycles. The van der Waals surface area contributed by atoms with Crippen LogP contribution in [0.15, 0.2) is 35.5 Å². The molecule has 2 heterocycles. The molecule has 0 aliphatic carbocycles. The number of aromatic amines is 1.